The van der Waals surface area contributed by atoms with Gasteiger partial charge < -0.3 is 10.1 Å². The summed E-state index contributed by atoms with van der Waals surface area (Å²) in [7, 11) is -3.53. The number of hydrogen-bond acceptors (Lipinski definition) is 5. The van der Waals surface area contributed by atoms with Crippen molar-refractivity contribution < 1.29 is 27.1 Å². The fourth-order valence-corrected chi connectivity index (χ4v) is 2.83. The number of halogens is 2. The first-order valence-corrected chi connectivity index (χ1v) is 9.62. The van der Waals surface area contributed by atoms with Crippen molar-refractivity contribution in [2.75, 3.05) is 12.9 Å². The van der Waals surface area contributed by atoms with Crippen LogP contribution in [0.5, 0.6) is 0 Å². The third-order valence-corrected chi connectivity index (χ3v) is 4.79. The highest BCUT2D eigenvalue weighted by molar-refractivity contribution is 7.90. The van der Waals surface area contributed by atoms with Crippen LogP contribution in [0.3, 0.4) is 0 Å². The van der Waals surface area contributed by atoms with Crippen molar-refractivity contribution in [3.63, 3.8) is 0 Å². The molecule has 6 nitrogen and oxygen atoms in total. The van der Waals surface area contributed by atoms with Crippen LogP contribution in [0.15, 0.2) is 47.4 Å². The summed E-state index contributed by atoms with van der Waals surface area (Å²) >= 11 is 5.88. The first kappa shape index (κ1) is 19.9. The molecule has 2 rings (SSSR count). The zero-order chi connectivity index (χ0) is 19.3. The molecule has 138 valence electrons. The molecule has 0 radical (unpaired) electrons. The number of sulfone groups is 1. The van der Waals surface area contributed by atoms with Crippen molar-refractivity contribution in [1.29, 1.82) is 0 Å². The fourth-order valence-electron chi connectivity index (χ4n) is 1.99. The van der Waals surface area contributed by atoms with Gasteiger partial charge in [0.25, 0.3) is 5.91 Å². The Kier molecular flexibility index (Phi) is 6.33. The molecule has 0 fully saturated rings. The van der Waals surface area contributed by atoms with E-state index < -0.39 is 34.1 Å². The van der Waals surface area contributed by atoms with Crippen molar-refractivity contribution in [3.8, 4) is 0 Å². The maximum absolute atomic E-state index is 13.5. The molecule has 0 aliphatic rings. The van der Waals surface area contributed by atoms with Gasteiger partial charge in [-0.05, 0) is 24.3 Å². The van der Waals surface area contributed by atoms with Crippen molar-refractivity contribution in [1.82, 2.24) is 5.32 Å². The van der Waals surface area contributed by atoms with Crippen LogP contribution in [0.25, 0.3) is 0 Å². The summed E-state index contributed by atoms with van der Waals surface area (Å²) in [6.45, 7) is -0.680. The number of benzene rings is 2. The van der Waals surface area contributed by atoms with Crippen LogP contribution in [-0.2, 0) is 25.9 Å². The molecular weight excluding hydrogens is 385 g/mol. The molecule has 2 aromatic rings. The molecule has 1 N–H and O–H groups in total. The average Bonchev–Trinajstić information content (AvgIpc) is 2.58. The summed E-state index contributed by atoms with van der Waals surface area (Å²) in [5, 5.41) is 2.41. The lowest BCUT2D eigenvalue weighted by atomic mass is 10.2. The Bertz CT molecular complexity index is 946. The SMILES string of the molecule is CS(=O)(=O)c1ccc(Cl)c(C(=O)OCC(=O)NCc2ccccc2F)c1. The largest absolute Gasteiger partial charge is 0.452 e. The molecule has 0 aliphatic carbocycles. The number of esters is 1. The molecule has 0 spiro atoms. The van der Waals surface area contributed by atoms with Crippen LogP contribution in [0.1, 0.15) is 15.9 Å². The fraction of sp³-hybridized carbons (Fsp3) is 0.176. The minimum Gasteiger partial charge on any atom is -0.452 e. The summed E-state index contributed by atoms with van der Waals surface area (Å²) in [6, 6.07) is 9.52. The molecule has 0 aromatic heterocycles. The van der Waals surface area contributed by atoms with Crippen molar-refractivity contribution in [2.45, 2.75) is 11.4 Å². The van der Waals surface area contributed by atoms with Gasteiger partial charge in [-0.25, -0.2) is 17.6 Å². The number of amides is 1. The summed E-state index contributed by atoms with van der Waals surface area (Å²) in [4.78, 5) is 23.7. The number of rotatable bonds is 6. The van der Waals surface area contributed by atoms with Gasteiger partial charge >= 0.3 is 5.97 Å². The molecule has 0 saturated carbocycles. The lowest BCUT2D eigenvalue weighted by Gasteiger charge is -2.09. The molecule has 0 bridgehead atoms. The van der Waals surface area contributed by atoms with Gasteiger partial charge in [-0.2, -0.15) is 0 Å². The van der Waals surface area contributed by atoms with E-state index in [1.54, 1.807) is 6.07 Å². The summed E-state index contributed by atoms with van der Waals surface area (Å²) in [6.07, 6.45) is 0.988. The minimum absolute atomic E-state index is 0.00540. The van der Waals surface area contributed by atoms with E-state index in [1.165, 1.54) is 30.3 Å². The Labute approximate surface area is 154 Å². The second-order valence-electron chi connectivity index (χ2n) is 5.36. The van der Waals surface area contributed by atoms with Crippen LogP contribution >= 0.6 is 11.6 Å². The van der Waals surface area contributed by atoms with Gasteiger partial charge in [-0.1, -0.05) is 29.8 Å². The van der Waals surface area contributed by atoms with Gasteiger partial charge in [0.1, 0.15) is 5.82 Å². The quantitative estimate of drug-likeness (QED) is 0.753. The molecule has 0 heterocycles. The van der Waals surface area contributed by atoms with Crippen LogP contribution in [0, 0.1) is 5.82 Å². The highest BCUT2D eigenvalue weighted by Gasteiger charge is 2.17. The van der Waals surface area contributed by atoms with Gasteiger partial charge in [-0.3, -0.25) is 4.79 Å². The van der Waals surface area contributed by atoms with Gasteiger partial charge in [0.05, 0.1) is 15.5 Å². The molecule has 0 unspecified atom stereocenters. The van der Waals surface area contributed by atoms with Gasteiger partial charge in [-0.15, -0.1) is 0 Å². The predicted octanol–water partition coefficient (Wildman–Crippen LogP) is 2.36. The number of carbonyl (C=O) groups is 2. The zero-order valence-electron chi connectivity index (χ0n) is 13.7. The van der Waals surface area contributed by atoms with E-state index in [4.69, 9.17) is 16.3 Å². The second kappa shape index (κ2) is 8.29. The maximum atomic E-state index is 13.5. The van der Waals surface area contributed by atoms with E-state index in [9.17, 15) is 22.4 Å². The summed E-state index contributed by atoms with van der Waals surface area (Å²) < 4.78 is 41.4. The molecule has 0 atom stereocenters. The molecular formula is C17H15ClFNO5S. The normalized spacial score (nSPS) is 11.0. The number of nitrogens with one attached hydrogen (secondary N) is 1. The molecule has 0 saturated heterocycles. The third-order valence-electron chi connectivity index (χ3n) is 3.35. The highest BCUT2D eigenvalue weighted by Crippen LogP contribution is 2.21. The Morgan fingerprint density at radius 2 is 1.88 bits per heavy atom. The van der Waals surface area contributed by atoms with Gasteiger partial charge in [0.2, 0.25) is 0 Å². The Morgan fingerprint density at radius 1 is 1.19 bits per heavy atom. The van der Waals surface area contributed by atoms with E-state index in [1.807, 2.05) is 0 Å². The standard InChI is InChI=1S/C17H15ClFNO5S/c1-26(23,24)12-6-7-14(18)13(8-12)17(22)25-10-16(21)20-9-11-4-2-3-5-15(11)19/h2-8H,9-10H2,1H3,(H,20,21). The van der Waals surface area contributed by atoms with E-state index >= 15 is 0 Å². The molecule has 0 aliphatic heterocycles. The number of carbonyl (C=O) groups excluding carboxylic acids is 2. The van der Waals surface area contributed by atoms with Gasteiger partial charge in [0, 0.05) is 18.4 Å². The van der Waals surface area contributed by atoms with Crippen LogP contribution in [-0.4, -0.2) is 33.2 Å². The topological polar surface area (TPSA) is 89.5 Å². The Morgan fingerprint density at radius 3 is 2.54 bits per heavy atom. The van der Waals surface area contributed by atoms with E-state index in [0.29, 0.717) is 0 Å². The lowest BCUT2D eigenvalue weighted by molar-refractivity contribution is -0.124. The van der Waals surface area contributed by atoms with E-state index in [-0.39, 0.29) is 27.6 Å². The van der Waals surface area contributed by atoms with Crippen LogP contribution in [0.2, 0.25) is 5.02 Å². The van der Waals surface area contributed by atoms with Crippen molar-refractivity contribution in [2.24, 2.45) is 0 Å². The van der Waals surface area contributed by atoms with E-state index in [2.05, 4.69) is 5.32 Å². The monoisotopic (exact) mass is 399 g/mol. The Balaban J connectivity index is 1.96. The van der Waals surface area contributed by atoms with Crippen molar-refractivity contribution in [3.05, 3.63) is 64.4 Å². The Hall–Kier alpha value is -2.45. The highest BCUT2D eigenvalue weighted by atomic mass is 35.5. The molecule has 1 amide bonds. The smallest absolute Gasteiger partial charge is 0.340 e. The number of ether oxygens (including phenoxy) is 1. The first-order valence-electron chi connectivity index (χ1n) is 7.35. The van der Waals surface area contributed by atoms with E-state index in [0.717, 1.165) is 12.3 Å². The first-order chi connectivity index (χ1) is 12.2. The van der Waals surface area contributed by atoms with Crippen molar-refractivity contribution >= 4 is 33.3 Å². The predicted molar refractivity (Wildman–Crippen MR) is 93.1 cm³/mol. The maximum Gasteiger partial charge on any atom is 0.340 e. The second-order valence-corrected chi connectivity index (χ2v) is 7.78. The zero-order valence-corrected chi connectivity index (χ0v) is 15.2. The van der Waals surface area contributed by atoms with Crippen LogP contribution in [0.4, 0.5) is 4.39 Å². The molecule has 26 heavy (non-hydrogen) atoms. The molecule has 2 aromatic carbocycles. The number of hydrogen-bond donors (Lipinski definition) is 1. The van der Waals surface area contributed by atoms with Gasteiger partial charge in [0.15, 0.2) is 16.4 Å². The lowest BCUT2D eigenvalue weighted by Crippen LogP contribution is -2.28. The third kappa shape index (κ3) is 5.27. The summed E-state index contributed by atoms with van der Waals surface area (Å²) in [5.41, 5.74) is 0.118. The summed E-state index contributed by atoms with van der Waals surface area (Å²) in [5.74, 6) is -2.05. The van der Waals surface area contributed by atoms with Crippen LogP contribution < -0.4 is 5.32 Å². The molecule has 9 heteroatoms. The minimum atomic E-state index is -3.53. The average molecular weight is 400 g/mol.